The number of nitrogens with zero attached hydrogens (tertiary/aromatic N) is 1. The van der Waals surface area contributed by atoms with Crippen molar-refractivity contribution in [1.29, 1.82) is 0 Å². The van der Waals surface area contributed by atoms with Crippen LogP contribution in [0.1, 0.15) is 6.42 Å². The molecule has 0 saturated heterocycles. The van der Waals surface area contributed by atoms with E-state index in [0.717, 1.165) is 6.42 Å². The van der Waals surface area contributed by atoms with Crippen LogP contribution in [0.3, 0.4) is 0 Å². The second-order valence-electron chi connectivity index (χ2n) is 5.06. The van der Waals surface area contributed by atoms with Crippen LogP contribution in [0.4, 0.5) is 0 Å². The van der Waals surface area contributed by atoms with Crippen LogP contribution < -0.4 is 0 Å². The van der Waals surface area contributed by atoms with Crippen LogP contribution >= 0.6 is 0 Å². The molecule has 0 aromatic carbocycles. The molecule has 2 aliphatic heterocycles. The van der Waals surface area contributed by atoms with Gasteiger partial charge in [-0.3, -0.25) is 0 Å². The number of allylic oxidation sites excluding steroid dienone is 11. The van der Waals surface area contributed by atoms with Gasteiger partial charge in [0, 0.05) is 29.9 Å². The van der Waals surface area contributed by atoms with E-state index < -0.39 is 0 Å². The Labute approximate surface area is 107 Å². The maximum absolute atomic E-state index is 2.29. The molecule has 0 spiro atoms. The fraction of sp³-hybridized carbons (Fsp3) is 0.176. The highest BCUT2D eigenvalue weighted by molar-refractivity contribution is 5.50. The molecule has 2 heterocycles. The summed E-state index contributed by atoms with van der Waals surface area (Å²) in [6.45, 7) is 0. The minimum atomic E-state index is 0.458. The summed E-state index contributed by atoms with van der Waals surface area (Å²) in [4.78, 5) is 2.29. The predicted molar refractivity (Wildman–Crippen MR) is 74.2 cm³/mol. The Morgan fingerprint density at radius 2 is 2.00 bits per heavy atom. The number of fused-ring (bicyclic) bond motifs is 4. The Bertz CT molecular complexity index is 593. The molecule has 0 bridgehead atoms. The number of hydrogen-bond donors (Lipinski definition) is 0. The SMILES string of the molecule is C1=CCC2C(=C1)C=CN1C=CC3C=CC=CC3=C21. The first-order chi connectivity index (χ1) is 8.93. The normalized spacial score (nSPS) is 31.1. The molecular weight excluding hydrogens is 218 g/mol. The second-order valence-corrected chi connectivity index (χ2v) is 5.06. The van der Waals surface area contributed by atoms with Crippen molar-refractivity contribution in [2.45, 2.75) is 6.42 Å². The lowest BCUT2D eigenvalue weighted by molar-refractivity contribution is 0.478. The summed E-state index contributed by atoms with van der Waals surface area (Å²) in [6, 6.07) is 0. The van der Waals surface area contributed by atoms with Crippen LogP contribution in [0.15, 0.2) is 83.9 Å². The van der Waals surface area contributed by atoms with Crippen molar-refractivity contribution >= 4 is 0 Å². The smallest absolute Gasteiger partial charge is 0.0339 e. The van der Waals surface area contributed by atoms with E-state index in [0.29, 0.717) is 11.8 Å². The van der Waals surface area contributed by atoms with E-state index >= 15 is 0 Å². The highest BCUT2D eigenvalue weighted by Gasteiger charge is 2.31. The first-order valence-corrected chi connectivity index (χ1v) is 6.54. The second kappa shape index (κ2) is 3.74. The van der Waals surface area contributed by atoms with E-state index in [2.05, 4.69) is 72.0 Å². The largest absolute Gasteiger partial charge is 0.327 e. The molecule has 0 fully saturated rings. The van der Waals surface area contributed by atoms with Crippen LogP contribution in [0, 0.1) is 11.8 Å². The zero-order chi connectivity index (χ0) is 11.9. The molecule has 0 aromatic heterocycles. The summed E-state index contributed by atoms with van der Waals surface area (Å²) < 4.78 is 0. The Kier molecular flexibility index (Phi) is 2.07. The molecule has 0 radical (unpaired) electrons. The van der Waals surface area contributed by atoms with Gasteiger partial charge in [0.15, 0.2) is 0 Å². The third-order valence-corrected chi connectivity index (χ3v) is 4.05. The van der Waals surface area contributed by atoms with Gasteiger partial charge in [0.1, 0.15) is 0 Å². The van der Waals surface area contributed by atoms with Gasteiger partial charge < -0.3 is 4.90 Å². The van der Waals surface area contributed by atoms with Gasteiger partial charge in [-0.05, 0) is 23.6 Å². The van der Waals surface area contributed by atoms with Crippen molar-refractivity contribution in [2.75, 3.05) is 0 Å². The molecular formula is C17H15N. The summed E-state index contributed by atoms with van der Waals surface area (Å²) in [5.74, 6) is 0.985. The molecule has 2 unspecified atom stereocenters. The number of hydrogen-bond acceptors (Lipinski definition) is 1. The van der Waals surface area contributed by atoms with Crippen LogP contribution in [0.2, 0.25) is 0 Å². The summed E-state index contributed by atoms with van der Waals surface area (Å²) >= 11 is 0. The first-order valence-electron chi connectivity index (χ1n) is 6.54. The van der Waals surface area contributed by atoms with E-state index in [4.69, 9.17) is 0 Å². The van der Waals surface area contributed by atoms with Gasteiger partial charge in [-0.1, -0.05) is 48.6 Å². The van der Waals surface area contributed by atoms with Crippen LogP contribution in [0.25, 0.3) is 0 Å². The van der Waals surface area contributed by atoms with Gasteiger partial charge in [0.25, 0.3) is 0 Å². The molecule has 0 saturated carbocycles. The molecule has 4 aliphatic rings. The van der Waals surface area contributed by atoms with Crippen LogP contribution in [0.5, 0.6) is 0 Å². The standard InChI is InChI=1S/C17H15N/c1-3-7-15-13(5-1)9-11-18-12-10-14-6-2-4-8-16(14)17(15)18/h1-7,9-13,16H,8H2. The van der Waals surface area contributed by atoms with Gasteiger partial charge in [0.2, 0.25) is 0 Å². The Balaban J connectivity index is 1.89. The van der Waals surface area contributed by atoms with E-state index in [1.165, 1.54) is 16.8 Å². The molecule has 0 amide bonds. The topological polar surface area (TPSA) is 3.24 Å². The Hall–Kier alpha value is -2.02. The van der Waals surface area contributed by atoms with Crippen molar-refractivity contribution in [3.05, 3.63) is 83.9 Å². The van der Waals surface area contributed by atoms with Crippen molar-refractivity contribution in [1.82, 2.24) is 4.90 Å². The fourth-order valence-electron chi connectivity index (χ4n) is 3.16. The zero-order valence-corrected chi connectivity index (χ0v) is 10.2. The minimum absolute atomic E-state index is 0.458. The van der Waals surface area contributed by atoms with Gasteiger partial charge in [0.05, 0.1) is 0 Å². The number of rotatable bonds is 0. The molecule has 1 heteroatoms. The zero-order valence-electron chi connectivity index (χ0n) is 10.2. The molecule has 0 N–H and O–H groups in total. The maximum atomic E-state index is 2.29. The van der Waals surface area contributed by atoms with Gasteiger partial charge >= 0.3 is 0 Å². The fourth-order valence-corrected chi connectivity index (χ4v) is 3.16. The third-order valence-electron chi connectivity index (χ3n) is 4.05. The lowest BCUT2D eigenvalue weighted by Gasteiger charge is -2.38. The van der Waals surface area contributed by atoms with Crippen molar-refractivity contribution in [3.63, 3.8) is 0 Å². The molecule has 0 aromatic rings. The first kappa shape index (κ1) is 9.95. The van der Waals surface area contributed by atoms with Crippen LogP contribution in [-0.2, 0) is 0 Å². The van der Waals surface area contributed by atoms with Gasteiger partial charge in [-0.25, -0.2) is 0 Å². The summed E-state index contributed by atoms with van der Waals surface area (Å²) in [5, 5.41) is 0. The molecule has 18 heavy (non-hydrogen) atoms. The monoisotopic (exact) mass is 233 g/mol. The lowest BCUT2D eigenvalue weighted by Crippen LogP contribution is -2.29. The van der Waals surface area contributed by atoms with Crippen molar-refractivity contribution in [2.24, 2.45) is 11.8 Å². The third kappa shape index (κ3) is 1.34. The lowest BCUT2D eigenvalue weighted by atomic mass is 9.79. The molecule has 2 aliphatic carbocycles. The van der Waals surface area contributed by atoms with Crippen molar-refractivity contribution < 1.29 is 0 Å². The quantitative estimate of drug-likeness (QED) is 0.614. The van der Waals surface area contributed by atoms with E-state index in [1.54, 1.807) is 0 Å². The summed E-state index contributed by atoms with van der Waals surface area (Å²) in [6.07, 6.45) is 25.5. The average molecular weight is 233 g/mol. The predicted octanol–water partition coefficient (Wildman–Crippen LogP) is 3.84. The maximum Gasteiger partial charge on any atom is 0.0339 e. The van der Waals surface area contributed by atoms with Crippen LogP contribution in [-0.4, -0.2) is 4.90 Å². The van der Waals surface area contributed by atoms with E-state index in [-0.39, 0.29) is 0 Å². The highest BCUT2D eigenvalue weighted by Crippen LogP contribution is 2.42. The Morgan fingerprint density at radius 3 is 3.00 bits per heavy atom. The molecule has 4 rings (SSSR count). The molecule has 2 atom stereocenters. The van der Waals surface area contributed by atoms with E-state index in [1.807, 2.05) is 0 Å². The minimum Gasteiger partial charge on any atom is -0.327 e. The summed E-state index contributed by atoms with van der Waals surface area (Å²) in [7, 11) is 0. The highest BCUT2D eigenvalue weighted by atomic mass is 15.1. The van der Waals surface area contributed by atoms with Gasteiger partial charge in [-0.15, -0.1) is 0 Å². The summed E-state index contributed by atoms with van der Waals surface area (Å²) in [5.41, 5.74) is 4.35. The van der Waals surface area contributed by atoms with E-state index in [9.17, 15) is 0 Å². The molecule has 1 nitrogen and oxygen atoms in total. The van der Waals surface area contributed by atoms with Crippen molar-refractivity contribution in [3.8, 4) is 0 Å². The average Bonchev–Trinajstić information content (AvgIpc) is 2.46. The molecule has 88 valence electrons. The Morgan fingerprint density at radius 1 is 1.00 bits per heavy atom. The van der Waals surface area contributed by atoms with Gasteiger partial charge in [-0.2, -0.15) is 0 Å².